The van der Waals surface area contributed by atoms with Gasteiger partial charge < -0.3 is 19.5 Å². The van der Waals surface area contributed by atoms with Crippen LogP contribution in [0.5, 0.6) is 17.2 Å². The van der Waals surface area contributed by atoms with Gasteiger partial charge in [-0.1, -0.05) is 17.7 Å². The highest BCUT2D eigenvalue weighted by Crippen LogP contribution is 2.30. The van der Waals surface area contributed by atoms with Crippen molar-refractivity contribution in [2.75, 3.05) is 26.9 Å². The second kappa shape index (κ2) is 8.12. The molecule has 2 aromatic carbocycles. The molecule has 0 spiro atoms. The molecule has 3 rings (SSSR count). The highest BCUT2D eigenvalue weighted by Gasteiger charge is 2.26. The highest BCUT2D eigenvalue weighted by atomic mass is 35.5. The van der Waals surface area contributed by atoms with E-state index < -0.39 is 0 Å². The summed E-state index contributed by atoms with van der Waals surface area (Å²) in [6.45, 7) is 1.18. The first-order valence-corrected chi connectivity index (χ1v) is 8.49. The highest BCUT2D eigenvalue weighted by molar-refractivity contribution is 6.30. The summed E-state index contributed by atoms with van der Waals surface area (Å²) in [5.41, 5.74) is 0.987. The number of benzene rings is 2. The molecule has 1 unspecified atom stereocenters. The van der Waals surface area contributed by atoms with Crippen LogP contribution in [0.15, 0.2) is 42.5 Å². The first-order valence-electron chi connectivity index (χ1n) is 8.11. The third kappa shape index (κ3) is 4.57. The number of nitrogens with one attached hydrogen (secondary N) is 1. The Bertz CT molecular complexity index is 750. The Morgan fingerprint density at radius 3 is 2.96 bits per heavy atom. The first-order chi connectivity index (χ1) is 12.2. The van der Waals surface area contributed by atoms with Crippen molar-refractivity contribution in [1.29, 1.82) is 0 Å². The van der Waals surface area contributed by atoms with Crippen molar-refractivity contribution in [1.82, 2.24) is 5.32 Å². The molecule has 2 aromatic rings. The molecule has 1 aliphatic rings. The molecular formula is C19H20ClNO4. The van der Waals surface area contributed by atoms with Crippen LogP contribution in [0.3, 0.4) is 0 Å². The Kier molecular flexibility index (Phi) is 5.66. The van der Waals surface area contributed by atoms with Crippen molar-refractivity contribution >= 4 is 17.5 Å². The van der Waals surface area contributed by atoms with Gasteiger partial charge in [-0.2, -0.15) is 0 Å². The van der Waals surface area contributed by atoms with Gasteiger partial charge in [-0.3, -0.25) is 4.79 Å². The maximum Gasteiger partial charge on any atom is 0.227 e. The van der Waals surface area contributed by atoms with Gasteiger partial charge in [-0.05, 0) is 48.4 Å². The topological polar surface area (TPSA) is 56.8 Å². The number of hydrogen-bond acceptors (Lipinski definition) is 4. The van der Waals surface area contributed by atoms with Gasteiger partial charge in [0.05, 0.1) is 19.6 Å². The van der Waals surface area contributed by atoms with E-state index in [0.717, 1.165) is 17.1 Å². The van der Waals surface area contributed by atoms with E-state index >= 15 is 0 Å². The van der Waals surface area contributed by atoms with Gasteiger partial charge in [0.25, 0.3) is 0 Å². The number of fused-ring (bicyclic) bond motifs is 1. The first kappa shape index (κ1) is 17.4. The second-order valence-corrected chi connectivity index (χ2v) is 6.22. The maximum absolute atomic E-state index is 12.3. The summed E-state index contributed by atoms with van der Waals surface area (Å²) in [5.74, 6) is 2.00. The molecule has 25 heavy (non-hydrogen) atoms. The van der Waals surface area contributed by atoms with Gasteiger partial charge in [0.1, 0.15) is 30.5 Å². The summed E-state index contributed by atoms with van der Waals surface area (Å²) in [6, 6.07) is 12.8. The Hall–Kier alpha value is -2.40. The van der Waals surface area contributed by atoms with Crippen molar-refractivity contribution in [3.63, 3.8) is 0 Å². The largest absolute Gasteiger partial charge is 0.497 e. The number of amides is 1. The monoisotopic (exact) mass is 361 g/mol. The molecule has 132 valence electrons. The Labute approximate surface area is 151 Å². The lowest BCUT2D eigenvalue weighted by Gasteiger charge is -2.25. The molecule has 0 aromatic heterocycles. The van der Waals surface area contributed by atoms with E-state index in [9.17, 15) is 4.79 Å². The smallest absolute Gasteiger partial charge is 0.227 e. The fraction of sp³-hybridized carbons (Fsp3) is 0.316. The van der Waals surface area contributed by atoms with Crippen LogP contribution in [0.4, 0.5) is 0 Å². The Balaban J connectivity index is 1.47. The molecule has 1 N–H and O–H groups in total. The predicted octanol–water partition coefficient (Wildman–Crippen LogP) is 3.09. The minimum Gasteiger partial charge on any atom is -0.497 e. The number of carbonyl (C=O) groups excluding carboxylic acids is 1. The van der Waals surface area contributed by atoms with Gasteiger partial charge in [0.2, 0.25) is 5.91 Å². The molecule has 0 fully saturated rings. The molecule has 6 heteroatoms. The van der Waals surface area contributed by atoms with E-state index in [-0.39, 0.29) is 11.8 Å². The van der Waals surface area contributed by atoms with Crippen molar-refractivity contribution in [3.05, 3.63) is 53.1 Å². The zero-order chi connectivity index (χ0) is 17.6. The van der Waals surface area contributed by atoms with E-state index in [4.69, 9.17) is 25.8 Å². The molecule has 0 saturated heterocycles. The number of methoxy groups -OCH3 is 1. The summed E-state index contributed by atoms with van der Waals surface area (Å²) < 4.78 is 16.5. The summed E-state index contributed by atoms with van der Waals surface area (Å²) in [7, 11) is 1.62. The number of carbonyl (C=O) groups is 1. The van der Waals surface area contributed by atoms with Gasteiger partial charge in [-0.15, -0.1) is 0 Å². The average molecular weight is 362 g/mol. The third-order valence-electron chi connectivity index (χ3n) is 4.01. The zero-order valence-electron chi connectivity index (χ0n) is 14.0. The molecular weight excluding hydrogens is 342 g/mol. The molecule has 0 bridgehead atoms. The molecule has 1 aliphatic heterocycles. The van der Waals surface area contributed by atoms with Crippen molar-refractivity contribution < 1.29 is 19.0 Å². The van der Waals surface area contributed by atoms with Gasteiger partial charge in [-0.25, -0.2) is 0 Å². The lowest BCUT2D eigenvalue weighted by atomic mass is 9.96. The van der Waals surface area contributed by atoms with Crippen molar-refractivity contribution in [2.45, 2.75) is 6.42 Å². The van der Waals surface area contributed by atoms with Crippen LogP contribution in [0.1, 0.15) is 5.56 Å². The lowest BCUT2D eigenvalue weighted by molar-refractivity contribution is -0.126. The number of rotatable bonds is 6. The predicted molar refractivity (Wildman–Crippen MR) is 95.6 cm³/mol. The molecule has 0 radical (unpaired) electrons. The number of ether oxygens (including phenoxy) is 3. The average Bonchev–Trinajstić information content (AvgIpc) is 2.64. The van der Waals surface area contributed by atoms with Crippen LogP contribution >= 0.6 is 11.6 Å². The van der Waals surface area contributed by atoms with Crippen molar-refractivity contribution in [2.24, 2.45) is 5.92 Å². The van der Waals surface area contributed by atoms with Crippen LogP contribution in [-0.2, 0) is 11.2 Å². The summed E-state index contributed by atoms with van der Waals surface area (Å²) in [5, 5.41) is 3.51. The standard InChI is InChI=1S/C19H20ClNO4/c1-23-16-5-6-18-13(10-16)9-14(12-25-18)19(22)21-7-8-24-17-4-2-3-15(20)11-17/h2-6,10-11,14H,7-9,12H2,1H3,(H,21,22). The third-order valence-corrected chi connectivity index (χ3v) is 4.25. The fourth-order valence-electron chi connectivity index (χ4n) is 2.71. The Morgan fingerprint density at radius 1 is 1.28 bits per heavy atom. The number of halogens is 1. The van der Waals surface area contributed by atoms with E-state index in [0.29, 0.717) is 37.0 Å². The molecule has 0 saturated carbocycles. The van der Waals surface area contributed by atoms with E-state index in [1.807, 2.05) is 30.3 Å². The van der Waals surface area contributed by atoms with E-state index in [2.05, 4.69) is 5.32 Å². The number of hydrogen-bond donors (Lipinski definition) is 1. The molecule has 1 heterocycles. The van der Waals surface area contributed by atoms with Crippen LogP contribution in [0.25, 0.3) is 0 Å². The van der Waals surface area contributed by atoms with Crippen LogP contribution in [-0.4, -0.2) is 32.8 Å². The minimum absolute atomic E-state index is 0.0387. The van der Waals surface area contributed by atoms with Gasteiger partial charge in [0.15, 0.2) is 0 Å². The summed E-state index contributed by atoms with van der Waals surface area (Å²) in [6.07, 6.45) is 0.632. The maximum atomic E-state index is 12.3. The molecule has 0 aliphatic carbocycles. The minimum atomic E-state index is -0.217. The van der Waals surface area contributed by atoms with Crippen molar-refractivity contribution in [3.8, 4) is 17.2 Å². The van der Waals surface area contributed by atoms with E-state index in [1.54, 1.807) is 19.2 Å². The lowest BCUT2D eigenvalue weighted by Crippen LogP contribution is -2.39. The quantitative estimate of drug-likeness (QED) is 0.803. The Morgan fingerprint density at radius 2 is 2.16 bits per heavy atom. The molecule has 5 nitrogen and oxygen atoms in total. The van der Waals surface area contributed by atoms with Crippen LogP contribution in [0, 0.1) is 5.92 Å². The van der Waals surface area contributed by atoms with Gasteiger partial charge >= 0.3 is 0 Å². The summed E-state index contributed by atoms with van der Waals surface area (Å²) in [4.78, 5) is 12.3. The molecule has 1 amide bonds. The van der Waals surface area contributed by atoms with Gasteiger partial charge in [0, 0.05) is 5.02 Å². The summed E-state index contributed by atoms with van der Waals surface area (Å²) >= 11 is 5.90. The normalized spacial score (nSPS) is 15.7. The van der Waals surface area contributed by atoms with E-state index in [1.165, 1.54) is 0 Å². The fourth-order valence-corrected chi connectivity index (χ4v) is 2.89. The molecule has 1 atom stereocenters. The van der Waals surface area contributed by atoms with Crippen LogP contribution < -0.4 is 19.5 Å². The second-order valence-electron chi connectivity index (χ2n) is 5.78. The van der Waals surface area contributed by atoms with Crippen LogP contribution in [0.2, 0.25) is 5.02 Å². The SMILES string of the molecule is COc1ccc2c(c1)CC(C(=O)NCCOc1cccc(Cl)c1)CO2. The zero-order valence-corrected chi connectivity index (χ0v) is 14.7.